The van der Waals surface area contributed by atoms with E-state index >= 15 is 0 Å². The van der Waals surface area contributed by atoms with Crippen LogP contribution in [0.1, 0.15) is 33.2 Å². The molecule has 0 saturated heterocycles. The number of benzene rings is 2. The number of Topliss-reactive ketones (excluding diaryl/α,β-unsaturated/α-hetero) is 1. The SMILES string of the molecule is CC(=O)c1ccccc1C(=O)c1cccc(F)c1. The molecule has 0 aliphatic heterocycles. The van der Waals surface area contributed by atoms with Gasteiger partial charge in [-0.15, -0.1) is 0 Å². The van der Waals surface area contributed by atoms with Gasteiger partial charge in [-0.2, -0.15) is 0 Å². The van der Waals surface area contributed by atoms with Gasteiger partial charge in [0.1, 0.15) is 5.82 Å². The van der Waals surface area contributed by atoms with E-state index in [0.29, 0.717) is 11.1 Å². The third kappa shape index (κ3) is 2.35. The van der Waals surface area contributed by atoms with Crippen LogP contribution in [0.2, 0.25) is 0 Å². The van der Waals surface area contributed by atoms with Crippen LogP contribution in [0.25, 0.3) is 0 Å². The van der Waals surface area contributed by atoms with E-state index in [2.05, 4.69) is 0 Å². The highest BCUT2D eigenvalue weighted by Gasteiger charge is 2.15. The van der Waals surface area contributed by atoms with Crippen molar-refractivity contribution in [1.82, 2.24) is 0 Å². The monoisotopic (exact) mass is 242 g/mol. The molecule has 2 aromatic rings. The lowest BCUT2D eigenvalue weighted by molar-refractivity contribution is 0.0990. The van der Waals surface area contributed by atoms with Gasteiger partial charge >= 0.3 is 0 Å². The zero-order valence-electron chi connectivity index (χ0n) is 9.81. The molecule has 0 aliphatic rings. The molecule has 3 heteroatoms. The summed E-state index contributed by atoms with van der Waals surface area (Å²) in [5, 5.41) is 0. The molecule has 0 saturated carbocycles. The van der Waals surface area contributed by atoms with E-state index < -0.39 is 5.82 Å². The second kappa shape index (κ2) is 4.92. The Bertz CT molecular complexity index is 617. The molecule has 0 unspecified atom stereocenters. The Hall–Kier alpha value is -2.29. The third-order valence-electron chi connectivity index (χ3n) is 2.64. The standard InChI is InChI=1S/C15H11FO2/c1-10(17)13-7-2-3-8-14(13)15(18)11-5-4-6-12(16)9-11/h2-9H,1H3. The minimum absolute atomic E-state index is 0.185. The van der Waals surface area contributed by atoms with Crippen LogP contribution in [-0.4, -0.2) is 11.6 Å². The van der Waals surface area contributed by atoms with Crippen molar-refractivity contribution in [2.45, 2.75) is 6.92 Å². The molecule has 0 aromatic heterocycles. The number of carbonyl (C=O) groups is 2. The lowest BCUT2D eigenvalue weighted by Crippen LogP contribution is -2.08. The van der Waals surface area contributed by atoms with E-state index in [-0.39, 0.29) is 17.1 Å². The summed E-state index contributed by atoms with van der Waals surface area (Å²) >= 11 is 0. The topological polar surface area (TPSA) is 34.1 Å². The molecule has 2 rings (SSSR count). The van der Waals surface area contributed by atoms with Gasteiger partial charge in [0.05, 0.1) is 0 Å². The van der Waals surface area contributed by atoms with Crippen LogP contribution < -0.4 is 0 Å². The quantitative estimate of drug-likeness (QED) is 0.774. The van der Waals surface area contributed by atoms with E-state index in [0.717, 1.165) is 0 Å². The fourth-order valence-electron chi connectivity index (χ4n) is 1.77. The summed E-state index contributed by atoms with van der Waals surface area (Å²) in [5.41, 5.74) is 0.895. The van der Waals surface area contributed by atoms with E-state index in [1.54, 1.807) is 24.3 Å². The number of carbonyl (C=O) groups excluding carboxylic acids is 2. The van der Waals surface area contributed by atoms with Crippen LogP contribution in [0.15, 0.2) is 48.5 Å². The van der Waals surface area contributed by atoms with E-state index in [4.69, 9.17) is 0 Å². The Morgan fingerprint density at radius 2 is 1.61 bits per heavy atom. The summed E-state index contributed by atoms with van der Waals surface area (Å²) in [5.74, 6) is -1.00. The van der Waals surface area contributed by atoms with Crippen LogP contribution >= 0.6 is 0 Å². The van der Waals surface area contributed by atoms with Gasteiger partial charge in [-0.3, -0.25) is 9.59 Å². The fraction of sp³-hybridized carbons (Fsp3) is 0.0667. The summed E-state index contributed by atoms with van der Waals surface area (Å²) < 4.78 is 13.1. The normalized spacial score (nSPS) is 10.1. The highest BCUT2D eigenvalue weighted by molar-refractivity contribution is 6.15. The van der Waals surface area contributed by atoms with Crippen molar-refractivity contribution >= 4 is 11.6 Å². The maximum absolute atomic E-state index is 13.1. The Kier molecular flexibility index (Phi) is 3.33. The molecule has 0 heterocycles. The van der Waals surface area contributed by atoms with Gasteiger partial charge in [0.15, 0.2) is 11.6 Å². The lowest BCUT2D eigenvalue weighted by atomic mass is 9.96. The second-order valence-electron chi connectivity index (χ2n) is 3.94. The Morgan fingerprint density at radius 1 is 0.944 bits per heavy atom. The first kappa shape index (κ1) is 12.2. The minimum Gasteiger partial charge on any atom is -0.294 e. The van der Waals surface area contributed by atoms with Gasteiger partial charge in [0.2, 0.25) is 0 Å². The van der Waals surface area contributed by atoms with Crippen LogP contribution in [-0.2, 0) is 0 Å². The number of halogens is 1. The summed E-state index contributed by atoms with van der Waals surface area (Å²) in [6.07, 6.45) is 0. The smallest absolute Gasteiger partial charge is 0.193 e. The van der Waals surface area contributed by atoms with Gasteiger partial charge in [0, 0.05) is 16.7 Å². The van der Waals surface area contributed by atoms with Crippen LogP contribution in [0.4, 0.5) is 4.39 Å². The average Bonchev–Trinajstić information content (AvgIpc) is 2.38. The van der Waals surface area contributed by atoms with Crippen molar-refractivity contribution < 1.29 is 14.0 Å². The first-order valence-electron chi connectivity index (χ1n) is 5.50. The molecule has 0 radical (unpaired) electrons. The van der Waals surface area contributed by atoms with Crippen LogP contribution in [0.5, 0.6) is 0 Å². The van der Waals surface area contributed by atoms with E-state index in [1.165, 1.54) is 31.2 Å². The maximum Gasteiger partial charge on any atom is 0.193 e. The van der Waals surface area contributed by atoms with Crippen molar-refractivity contribution in [2.75, 3.05) is 0 Å². The molecular formula is C15H11FO2. The van der Waals surface area contributed by atoms with E-state index in [1.807, 2.05) is 0 Å². The predicted octanol–water partition coefficient (Wildman–Crippen LogP) is 3.26. The molecule has 0 bridgehead atoms. The zero-order valence-corrected chi connectivity index (χ0v) is 9.81. The number of hydrogen-bond acceptors (Lipinski definition) is 2. The number of hydrogen-bond donors (Lipinski definition) is 0. The van der Waals surface area contributed by atoms with E-state index in [9.17, 15) is 14.0 Å². The van der Waals surface area contributed by atoms with Gasteiger partial charge in [-0.1, -0.05) is 36.4 Å². The van der Waals surface area contributed by atoms with Crippen molar-refractivity contribution in [1.29, 1.82) is 0 Å². The molecule has 0 atom stereocenters. The molecule has 0 fully saturated rings. The largest absolute Gasteiger partial charge is 0.294 e. The van der Waals surface area contributed by atoms with Crippen molar-refractivity contribution in [2.24, 2.45) is 0 Å². The molecule has 0 aliphatic carbocycles. The van der Waals surface area contributed by atoms with Gasteiger partial charge in [0.25, 0.3) is 0 Å². The summed E-state index contributed by atoms with van der Waals surface area (Å²) in [4.78, 5) is 23.6. The average molecular weight is 242 g/mol. The molecule has 0 N–H and O–H groups in total. The molecule has 2 nitrogen and oxygen atoms in total. The molecule has 2 aromatic carbocycles. The third-order valence-corrected chi connectivity index (χ3v) is 2.64. The highest BCUT2D eigenvalue weighted by Crippen LogP contribution is 2.16. The highest BCUT2D eigenvalue weighted by atomic mass is 19.1. The Morgan fingerprint density at radius 3 is 2.22 bits per heavy atom. The van der Waals surface area contributed by atoms with Crippen molar-refractivity contribution in [3.05, 3.63) is 71.0 Å². The molecule has 0 spiro atoms. The van der Waals surface area contributed by atoms with Gasteiger partial charge < -0.3 is 0 Å². The maximum atomic E-state index is 13.1. The number of rotatable bonds is 3. The predicted molar refractivity (Wildman–Crippen MR) is 66.3 cm³/mol. The summed E-state index contributed by atoms with van der Waals surface area (Å²) in [7, 11) is 0. The molecule has 90 valence electrons. The first-order chi connectivity index (χ1) is 8.59. The second-order valence-corrected chi connectivity index (χ2v) is 3.94. The molecule has 0 amide bonds. The Labute approximate surface area is 104 Å². The molecule has 18 heavy (non-hydrogen) atoms. The molecular weight excluding hydrogens is 231 g/mol. The van der Waals surface area contributed by atoms with Gasteiger partial charge in [-0.05, 0) is 19.1 Å². The number of ketones is 2. The Balaban J connectivity index is 2.50. The van der Waals surface area contributed by atoms with Crippen molar-refractivity contribution in [3.63, 3.8) is 0 Å². The van der Waals surface area contributed by atoms with Crippen LogP contribution in [0, 0.1) is 5.82 Å². The first-order valence-corrected chi connectivity index (χ1v) is 5.50. The summed E-state index contributed by atoms with van der Waals surface area (Å²) in [6, 6.07) is 12.0. The minimum atomic E-state index is -0.471. The fourth-order valence-corrected chi connectivity index (χ4v) is 1.77. The van der Waals surface area contributed by atoms with Crippen LogP contribution in [0.3, 0.4) is 0 Å². The lowest BCUT2D eigenvalue weighted by Gasteiger charge is -2.05. The zero-order chi connectivity index (χ0) is 13.1. The van der Waals surface area contributed by atoms with Crippen molar-refractivity contribution in [3.8, 4) is 0 Å². The summed E-state index contributed by atoms with van der Waals surface area (Å²) in [6.45, 7) is 1.40. The van der Waals surface area contributed by atoms with Gasteiger partial charge in [-0.25, -0.2) is 4.39 Å².